The van der Waals surface area contributed by atoms with E-state index in [4.69, 9.17) is 14.2 Å². The summed E-state index contributed by atoms with van der Waals surface area (Å²) in [6.45, 7) is 11.7. The summed E-state index contributed by atoms with van der Waals surface area (Å²) in [4.78, 5) is 6.82. The fourth-order valence-electron chi connectivity index (χ4n) is 3.48. The van der Waals surface area contributed by atoms with E-state index in [1.165, 1.54) is 0 Å². The molecule has 7 nitrogen and oxygen atoms in total. The Morgan fingerprint density at radius 2 is 1.53 bits per heavy atom. The summed E-state index contributed by atoms with van der Waals surface area (Å²) in [6, 6.07) is 5.02. The number of nitrogens with one attached hydrogen (secondary N) is 2. The lowest BCUT2D eigenvalue weighted by Gasteiger charge is -2.30. The maximum atomic E-state index is 5.55. The Labute approximate surface area is 200 Å². The molecule has 174 valence electrons. The first-order chi connectivity index (χ1) is 13.9. The second-order valence-corrected chi connectivity index (χ2v) is 7.45. The second-order valence-electron chi connectivity index (χ2n) is 7.45. The molecule has 1 aromatic carbocycles. The zero-order chi connectivity index (χ0) is 21.8. The Bertz CT molecular complexity index is 631. The molecule has 0 unspecified atom stereocenters. The van der Waals surface area contributed by atoms with Crippen molar-refractivity contribution in [2.75, 3.05) is 48.0 Å². The quantitative estimate of drug-likeness (QED) is 0.184. The number of guanidine groups is 1. The minimum Gasteiger partial charge on any atom is -0.493 e. The first kappa shape index (κ1) is 28.6. The van der Waals surface area contributed by atoms with Crippen LogP contribution in [0.1, 0.15) is 39.7 Å². The van der Waals surface area contributed by atoms with Gasteiger partial charge in [0.05, 0.1) is 21.3 Å². The Morgan fingerprint density at radius 1 is 0.933 bits per heavy atom. The lowest BCUT2D eigenvalue weighted by atomic mass is 10.1. The zero-order valence-electron chi connectivity index (χ0n) is 19.9. The molecule has 0 aliphatic rings. The highest BCUT2D eigenvalue weighted by molar-refractivity contribution is 14.0. The van der Waals surface area contributed by atoms with E-state index in [0.29, 0.717) is 29.3 Å². The molecule has 1 rings (SSSR count). The van der Waals surface area contributed by atoms with Crippen molar-refractivity contribution in [2.24, 2.45) is 4.99 Å². The third-order valence-electron chi connectivity index (χ3n) is 4.91. The van der Waals surface area contributed by atoms with Crippen LogP contribution in [0.4, 0.5) is 0 Å². The third kappa shape index (κ3) is 8.75. The minimum absolute atomic E-state index is 0. The molecule has 0 aliphatic carbocycles. The van der Waals surface area contributed by atoms with Crippen LogP contribution in [0.15, 0.2) is 17.1 Å². The smallest absolute Gasteiger partial charge is 0.203 e. The van der Waals surface area contributed by atoms with Gasteiger partial charge in [0.25, 0.3) is 0 Å². The molecule has 30 heavy (non-hydrogen) atoms. The van der Waals surface area contributed by atoms with Crippen LogP contribution in [-0.2, 0) is 6.42 Å². The van der Waals surface area contributed by atoms with Gasteiger partial charge in [0.1, 0.15) is 0 Å². The molecule has 0 saturated heterocycles. The van der Waals surface area contributed by atoms with Crippen LogP contribution in [0.2, 0.25) is 0 Å². The lowest BCUT2D eigenvalue weighted by molar-refractivity contribution is 0.173. The van der Waals surface area contributed by atoms with Crippen LogP contribution in [0, 0.1) is 0 Å². The molecule has 0 bridgehead atoms. The molecular formula is C22H41IN4O3. The van der Waals surface area contributed by atoms with E-state index in [9.17, 15) is 0 Å². The van der Waals surface area contributed by atoms with Gasteiger partial charge < -0.3 is 24.8 Å². The number of halogens is 1. The summed E-state index contributed by atoms with van der Waals surface area (Å²) in [6.07, 6.45) is 1.85. The summed E-state index contributed by atoms with van der Waals surface area (Å²) in [7, 11) is 6.68. The van der Waals surface area contributed by atoms with Gasteiger partial charge in [-0.15, -0.1) is 24.0 Å². The van der Waals surface area contributed by atoms with Crippen LogP contribution in [0.3, 0.4) is 0 Å². The van der Waals surface area contributed by atoms with Crippen LogP contribution < -0.4 is 24.8 Å². The molecule has 0 saturated carbocycles. The first-order valence-electron chi connectivity index (χ1n) is 10.4. The van der Waals surface area contributed by atoms with Gasteiger partial charge in [0.2, 0.25) is 5.75 Å². The van der Waals surface area contributed by atoms with Gasteiger partial charge in [-0.3, -0.25) is 9.89 Å². The number of benzene rings is 1. The molecule has 0 atom stereocenters. The summed E-state index contributed by atoms with van der Waals surface area (Å²) < 4.78 is 16.3. The number of ether oxygens (including phenoxy) is 3. The predicted octanol–water partition coefficient (Wildman–Crippen LogP) is 3.55. The van der Waals surface area contributed by atoms with E-state index in [0.717, 1.165) is 44.0 Å². The average Bonchev–Trinajstić information content (AvgIpc) is 2.70. The van der Waals surface area contributed by atoms with Crippen molar-refractivity contribution in [3.8, 4) is 17.2 Å². The van der Waals surface area contributed by atoms with Crippen molar-refractivity contribution in [2.45, 2.75) is 52.6 Å². The number of hydrogen-bond donors (Lipinski definition) is 2. The van der Waals surface area contributed by atoms with Crippen LogP contribution in [0.5, 0.6) is 17.2 Å². The molecule has 0 aromatic heterocycles. The Morgan fingerprint density at radius 3 is 2.03 bits per heavy atom. The number of aliphatic imine (C=N–C) groups is 1. The second kappa shape index (κ2) is 15.4. The number of nitrogens with zero attached hydrogens (tertiary/aromatic N) is 2. The number of rotatable bonds is 12. The minimum atomic E-state index is 0. The highest BCUT2D eigenvalue weighted by atomic mass is 127. The SMILES string of the molecule is CN=C(NCCCN(C(C)C)C(C)C)NCCc1ccc(OC)c(OC)c1OC.I. The van der Waals surface area contributed by atoms with Gasteiger partial charge in [-0.25, -0.2) is 0 Å². The summed E-state index contributed by atoms with van der Waals surface area (Å²) in [5.41, 5.74) is 1.05. The Kier molecular flexibility index (Phi) is 14.7. The molecule has 1 aromatic rings. The monoisotopic (exact) mass is 536 g/mol. The standard InChI is InChI=1S/C22H40N4O3.HI/c1-16(2)26(17(3)4)15-9-13-24-22(23-5)25-14-12-18-10-11-19(27-6)21(29-8)20(18)28-7;/h10-11,16-17H,9,12-15H2,1-8H3,(H2,23,24,25);1H. The van der Waals surface area contributed by atoms with Crippen LogP contribution in [0.25, 0.3) is 0 Å². The summed E-state index contributed by atoms with van der Waals surface area (Å²) in [5, 5.41) is 6.76. The summed E-state index contributed by atoms with van der Waals surface area (Å²) in [5.74, 6) is 2.80. The average molecular weight is 536 g/mol. The fourth-order valence-corrected chi connectivity index (χ4v) is 3.48. The van der Waals surface area contributed by atoms with Gasteiger partial charge in [-0.05, 0) is 46.6 Å². The normalized spacial score (nSPS) is 11.5. The van der Waals surface area contributed by atoms with Gasteiger partial charge in [-0.1, -0.05) is 6.07 Å². The highest BCUT2D eigenvalue weighted by Gasteiger charge is 2.16. The van der Waals surface area contributed by atoms with Crippen LogP contribution >= 0.6 is 24.0 Å². The largest absolute Gasteiger partial charge is 0.493 e. The van der Waals surface area contributed by atoms with E-state index in [1.54, 1.807) is 28.4 Å². The Hall–Kier alpha value is -1.42. The predicted molar refractivity (Wildman–Crippen MR) is 136 cm³/mol. The Balaban J connectivity index is 0.00000841. The van der Waals surface area contributed by atoms with Crippen molar-refractivity contribution >= 4 is 29.9 Å². The van der Waals surface area contributed by atoms with Crippen molar-refractivity contribution in [1.82, 2.24) is 15.5 Å². The van der Waals surface area contributed by atoms with E-state index in [1.807, 2.05) is 12.1 Å². The molecule has 8 heteroatoms. The molecule has 0 fully saturated rings. The van der Waals surface area contributed by atoms with Crippen LogP contribution in [-0.4, -0.2) is 71.0 Å². The maximum Gasteiger partial charge on any atom is 0.203 e. The van der Waals surface area contributed by atoms with Crippen molar-refractivity contribution in [3.63, 3.8) is 0 Å². The van der Waals surface area contributed by atoms with Crippen molar-refractivity contribution < 1.29 is 14.2 Å². The van der Waals surface area contributed by atoms with Gasteiger partial charge in [-0.2, -0.15) is 0 Å². The van der Waals surface area contributed by atoms with Crippen molar-refractivity contribution in [1.29, 1.82) is 0 Å². The van der Waals surface area contributed by atoms with E-state index in [2.05, 4.69) is 48.2 Å². The molecule has 0 radical (unpaired) electrons. The third-order valence-corrected chi connectivity index (χ3v) is 4.91. The van der Waals surface area contributed by atoms with E-state index >= 15 is 0 Å². The highest BCUT2D eigenvalue weighted by Crippen LogP contribution is 2.39. The molecule has 2 N–H and O–H groups in total. The molecular weight excluding hydrogens is 495 g/mol. The zero-order valence-corrected chi connectivity index (χ0v) is 22.2. The molecule has 0 spiro atoms. The van der Waals surface area contributed by atoms with Gasteiger partial charge in [0, 0.05) is 44.3 Å². The molecule has 0 heterocycles. The molecule has 0 amide bonds. The number of hydrogen-bond acceptors (Lipinski definition) is 5. The van der Waals surface area contributed by atoms with Crippen molar-refractivity contribution in [3.05, 3.63) is 17.7 Å². The van der Waals surface area contributed by atoms with E-state index < -0.39 is 0 Å². The fraction of sp³-hybridized carbons (Fsp3) is 0.682. The maximum absolute atomic E-state index is 5.55. The van der Waals surface area contributed by atoms with E-state index in [-0.39, 0.29) is 24.0 Å². The van der Waals surface area contributed by atoms with Gasteiger partial charge >= 0.3 is 0 Å². The number of methoxy groups -OCH3 is 3. The lowest BCUT2D eigenvalue weighted by Crippen LogP contribution is -2.41. The topological polar surface area (TPSA) is 67.4 Å². The molecule has 0 aliphatic heterocycles. The first-order valence-corrected chi connectivity index (χ1v) is 10.4. The van der Waals surface area contributed by atoms with Gasteiger partial charge in [0.15, 0.2) is 17.5 Å². The summed E-state index contributed by atoms with van der Waals surface area (Å²) >= 11 is 0.